The number of para-hydroxylation sites is 2. The minimum absolute atomic E-state index is 0.160. The molecule has 1 amide bonds. The van der Waals surface area contributed by atoms with E-state index in [1.54, 1.807) is 31.3 Å². The molecule has 3 rings (SSSR count). The predicted molar refractivity (Wildman–Crippen MR) is 97.4 cm³/mol. The Morgan fingerprint density at radius 3 is 2.62 bits per heavy atom. The van der Waals surface area contributed by atoms with Crippen LogP contribution in [0.1, 0.15) is 12.8 Å². The number of anilines is 1. The molecule has 0 aliphatic carbocycles. The number of carbonyl (C=O) groups is 1. The molecule has 8 nitrogen and oxygen atoms in total. The van der Waals surface area contributed by atoms with E-state index in [0.717, 1.165) is 12.8 Å². The fourth-order valence-corrected chi connectivity index (χ4v) is 5.36. The summed E-state index contributed by atoms with van der Waals surface area (Å²) in [6.45, 7) is 1.21. The van der Waals surface area contributed by atoms with E-state index >= 15 is 0 Å². The van der Waals surface area contributed by atoms with Gasteiger partial charge in [0, 0.05) is 32.8 Å². The number of hydrogen-bond acceptors (Lipinski definition) is 5. The SMILES string of the molecule is COCC1CCCN1S(=O)(=O)N1CCN(c2ccccc2OC)C(=O)C1. The third-order valence-corrected chi connectivity index (χ3v) is 6.90. The van der Waals surface area contributed by atoms with Crippen molar-refractivity contribution in [3.05, 3.63) is 24.3 Å². The number of carbonyl (C=O) groups excluding carboxylic acids is 1. The fourth-order valence-electron chi connectivity index (χ4n) is 3.58. The van der Waals surface area contributed by atoms with Gasteiger partial charge in [0.25, 0.3) is 10.2 Å². The lowest BCUT2D eigenvalue weighted by Gasteiger charge is -2.37. The van der Waals surface area contributed by atoms with Gasteiger partial charge in [0.05, 0.1) is 25.9 Å². The lowest BCUT2D eigenvalue weighted by atomic mass is 10.2. The molecule has 0 N–H and O–H groups in total. The maximum atomic E-state index is 13.0. The first kappa shape index (κ1) is 19.1. The molecule has 1 aromatic rings. The van der Waals surface area contributed by atoms with Gasteiger partial charge < -0.3 is 14.4 Å². The van der Waals surface area contributed by atoms with Crippen molar-refractivity contribution in [3.8, 4) is 5.75 Å². The third kappa shape index (κ3) is 3.57. The van der Waals surface area contributed by atoms with Crippen LogP contribution in [0.25, 0.3) is 0 Å². The van der Waals surface area contributed by atoms with Gasteiger partial charge in [-0.25, -0.2) is 0 Å². The summed E-state index contributed by atoms with van der Waals surface area (Å²) >= 11 is 0. The highest BCUT2D eigenvalue weighted by atomic mass is 32.2. The van der Waals surface area contributed by atoms with Gasteiger partial charge in [0.2, 0.25) is 5.91 Å². The van der Waals surface area contributed by atoms with E-state index in [0.29, 0.717) is 31.1 Å². The Bertz CT molecular complexity index is 755. The van der Waals surface area contributed by atoms with E-state index in [1.165, 1.54) is 8.61 Å². The van der Waals surface area contributed by atoms with E-state index in [2.05, 4.69) is 0 Å². The van der Waals surface area contributed by atoms with Gasteiger partial charge in [0.15, 0.2) is 0 Å². The molecule has 0 saturated carbocycles. The predicted octanol–water partition coefficient (Wildman–Crippen LogP) is 0.699. The second-order valence-corrected chi connectivity index (χ2v) is 8.30. The zero-order valence-corrected chi connectivity index (χ0v) is 15.9. The first-order valence-electron chi connectivity index (χ1n) is 8.68. The highest BCUT2D eigenvalue weighted by Crippen LogP contribution is 2.30. The minimum Gasteiger partial charge on any atom is -0.495 e. The van der Waals surface area contributed by atoms with Crippen molar-refractivity contribution in [2.45, 2.75) is 18.9 Å². The van der Waals surface area contributed by atoms with E-state index in [1.807, 2.05) is 12.1 Å². The smallest absolute Gasteiger partial charge is 0.282 e. The first-order valence-corrected chi connectivity index (χ1v) is 10.1. The number of rotatable bonds is 6. The summed E-state index contributed by atoms with van der Waals surface area (Å²) in [6, 6.07) is 7.08. The van der Waals surface area contributed by atoms with Crippen LogP contribution in [-0.2, 0) is 19.7 Å². The van der Waals surface area contributed by atoms with Crippen LogP contribution in [-0.4, -0.2) is 76.0 Å². The van der Waals surface area contributed by atoms with Crippen LogP contribution in [0, 0.1) is 0 Å². The maximum Gasteiger partial charge on any atom is 0.282 e. The molecule has 26 heavy (non-hydrogen) atoms. The Balaban J connectivity index is 1.75. The number of methoxy groups -OCH3 is 2. The molecular weight excluding hydrogens is 358 g/mol. The van der Waals surface area contributed by atoms with E-state index in [4.69, 9.17) is 9.47 Å². The van der Waals surface area contributed by atoms with Crippen molar-refractivity contribution in [2.75, 3.05) is 51.9 Å². The molecule has 2 fully saturated rings. The molecule has 0 radical (unpaired) electrons. The monoisotopic (exact) mass is 383 g/mol. The largest absolute Gasteiger partial charge is 0.495 e. The Morgan fingerprint density at radius 2 is 1.92 bits per heavy atom. The van der Waals surface area contributed by atoms with Gasteiger partial charge in [-0.3, -0.25) is 4.79 Å². The zero-order chi connectivity index (χ0) is 18.7. The lowest BCUT2D eigenvalue weighted by Crippen LogP contribution is -2.56. The second kappa shape index (κ2) is 7.91. The third-order valence-electron chi connectivity index (χ3n) is 4.87. The topological polar surface area (TPSA) is 79.4 Å². The number of amides is 1. The quantitative estimate of drug-likeness (QED) is 0.723. The highest BCUT2D eigenvalue weighted by molar-refractivity contribution is 7.86. The van der Waals surface area contributed by atoms with E-state index in [9.17, 15) is 13.2 Å². The Morgan fingerprint density at radius 1 is 1.15 bits per heavy atom. The standard InChI is InChI=1S/C17H25N3O5S/c1-24-13-14-6-5-9-20(14)26(22,23)18-10-11-19(17(21)12-18)15-7-3-4-8-16(15)25-2/h3-4,7-8,14H,5-6,9-13H2,1-2H3. The zero-order valence-electron chi connectivity index (χ0n) is 15.1. The molecule has 2 saturated heterocycles. The number of benzene rings is 1. The van der Waals surface area contributed by atoms with Crippen LogP contribution in [0.15, 0.2) is 24.3 Å². The Kier molecular flexibility index (Phi) is 5.81. The van der Waals surface area contributed by atoms with Gasteiger partial charge >= 0.3 is 0 Å². The number of piperazine rings is 1. The van der Waals surface area contributed by atoms with Gasteiger partial charge in [-0.05, 0) is 25.0 Å². The summed E-state index contributed by atoms with van der Waals surface area (Å²) in [4.78, 5) is 14.2. The summed E-state index contributed by atoms with van der Waals surface area (Å²) in [6.07, 6.45) is 1.59. The number of ether oxygens (including phenoxy) is 2. The minimum atomic E-state index is -3.68. The molecule has 144 valence electrons. The number of nitrogens with zero attached hydrogens (tertiary/aromatic N) is 3. The van der Waals surface area contributed by atoms with Crippen molar-refractivity contribution in [1.82, 2.24) is 8.61 Å². The molecule has 2 aliphatic heterocycles. The molecule has 2 heterocycles. The Hall–Kier alpha value is -1.68. The average molecular weight is 383 g/mol. The molecule has 1 atom stereocenters. The molecule has 1 aromatic carbocycles. The normalized spacial score (nSPS) is 22.8. The van der Waals surface area contributed by atoms with Gasteiger partial charge in [0.1, 0.15) is 5.75 Å². The average Bonchev–Trinajstić information content (AvgIpc) is 3.11. The van der Waals surface area contributed by atoms with E-state index < -0.39 is 10.2 Å². The molecule has 2 aliphatic rings. The molecular formula is C17H25N3O5S. The van der Waals surface area contributed by atoms with Crippen LogP contribution in [0.2, 0.25) is 0 Å². The van der Waals surface area contributed by atoms with Crippen molar-refractivity contribution < 1.29 is 22.7 Å². The Labute approximate surface area is 154 Å². The molecule has 9 heteroatoms. The molecule has 1 unspecified atom stereocenters. The summed E-state index contributed by atoms with van der Waals surface area (Å²) in [5.41, 5.74) is 0.662. The number of hydrogen-bond donors (Lipinski definition) is 0. The summed E-state index contributed by atoms with van der Waals surface area (Å²) < 4.78 is 39.2. The summed E-state index contributed by atoms with van der Waals surface area (Å²) in [7, 11) is -0.562. The van der Waals surface area contributed by atoms with Gasteiger partial charge in [-0.2, -0.15) is 17.0 Å². The highest BCUT2D eigenvalue weighted by Gasteiger charge is 2.41. The van der Waals surface area contributed by atoms with Crippen LogP contribution in [0.4, 0.5) is 5.69 Å². The summed E-state index contributed by atoms with van der Waals surface area (Å²) in [5, 5.41) is 0. The molecule has 0 bridgehead atoms. The van der Waals surface area contributed by atoms with Crippen LogP contribution in [0.3, 0.4) is 0 Å². The first-order chi connectivity index (χ1) is 12.5. The van der Waals surface area contributed by atoms with E-state index in [-0.39, 0.29) is 25.0 Å². The lowest BCUT2D eigenvalue weighted by molar-refractivity contribution is -0.120. The molecule has 0 aromatic heterocycles. The van der Waals surface area contributed by atoms with Crippen molar-refractivity contribution >= 4 is 21.8 Å². The second-order valence-electron chi connectivity index (χ2n) is 6.42. The van der Waals surface area contributed by atoms with Crippen LogP contribution >= 0.6 is 0 Å². The van der Waals surface area contributed by atoms with Crippen molar-refractivity contribution in [2.24, 2.45) is 0 Å². The fraction of sp³-hybridized carbons (Fsp3) is 0.588. The van der Waals surface area contributed by atoms with Crippen LogP contribution in [0.5, 0.6) is 5.75 Å². The van der Waals surface area contributed by atoms with Crippen molar-refractivity contribution in [1.29, 1.82) is 0 Å². The van der Waals surface area contributed by atoms with Crippen LogP contribution < -0.4 is 9.64 Å². The van der Waals surface area contributed by atoms with Gasteiger partial charge in [-0.15, -0.1) is 0 Å². The summed E-state index contributed by atoms with van der Waals surface area (Å²) in [5.74, 6) is 0.337. The molecule has 0 spiro atoms. The van der Waals surface area contributed by atoms with Crippen molar-refractivity contribution in [3.63, 3.8) is 0 Å². The maximum absolute atomic E-state index is 13.0. The van der Waals surface area contributed by atoms with Gasteiger partial charge in [-0.1, -0.05) is 12.1 Å².